The Balaban J connectivity index is 0.000000503. The molecule has 0 amide bonds. The van der Waals surface area contributed by atoms with Gasteiger partial charge >= 0.3 is 142 Å². The summed E-state index contributed by atoms with van der Waals surface area (Å²) in [5, 5.41) is 0. The minimum Gasteiger partial charge on any atom is -0.790 e. The third kappa shape index (κ3) is 37.9. The summed E-state index contributed by atoms with van der Waals surface area (Å²) in [7, 11) is -10.0. The van der Waals surface area contributed by atoms with Gasteiger partial charge in [0.25, 0.3) is 0 Å². The van der Waals surface area contributed by atoms with Crippen LogP contribution in [0.2, 0.25) is 0 Å². The van der Waals surface area contributed by atoms with Crippen LogP contribution in [-0.4, -0.2) is 55.6 Å². The average Bonchev–Trinajstić information content (AvgIpc) is 1.60. The van der Waals surface area contributed by atoms with E-state index >= 15 is 0 Å². The molecule has 5 aromatic carbocycles. The van der Waals surface area contributed by atoms with Crippen LogP contribution in [-0.2, 0) is 46.8 Å². The predicted octanol–water partition coefficient (Wildman–Crippen LogP) is 9.51. The summed E-state index contributed by atoms with van der Waals surface area (Å²) in [5.41, 5.74) is 9.79. The molecule has 0 bridgehead atoms. The van der Waals surface area contributed by atoms with Gasteiger partial charge in [-0.3, -0.25) is 14.4 Å². The number of carbonyl (C=O) groups is 4. The molecule has 10 rings (SSSR count). The second-order valence-electron chi connectivity index (χ2n) is 35.6. The zero-order valence-electron chi connectivity index (χ0n) is 76.6. The van der Waals surface area contributed by atoms with Crippen molar-refractivity contribution in [1.82, 2.24) is 0 Å². The minimum absolute atomic E-state index is 0. The number of phosphoric ester groups is 2. The van der Waals surface area contributed by atoms with Gasteiger partial charge in [0.05, 0.1) is 28.0 Å². The number of hydrogen-bond donors (Lipinski definition) is 0. The van der Waals surface area contributed by atoms with Crippen molar-refractivity contribution in [1.29, 1.82) is 0 Å². The van der Waals surface area contributed by atoms with E-state index in [1.54, 1.807) is 0 Å². The summed E-state index contributed by atoms with van der Waals surface area (Å²) in [4.78, 5) is 90.9. The topological polar surface area (TPSA) is 287 Å². The van der Waals surface area contributed by atoms with E-state index in [0.717, 1.165) is 68.3 Å². The van der Waals surface area contributed by atoms with Crippen molar-refractivity contribution in [2.75, 3.05) is 20.4 Å². The normalized spacial score (nSPS) is 16.3. The van der Waals surface area contributed by atoms with Crippen LogP contribution in [0, 0.1) is 41.4 Å². The van der Waals surface area contributed by atoms with Crippen molar-refractivity contribution in [2.45, 2.75) is 314 Å². The molecular formula is C92H134Na4O20P2. The molecular weight excluding hydrogens is 1580 g/mol. The Morgan fingerprint density at radius 1 is 0.381 bits per heavy atom. The van der Waals surface area contributed by atoms with Gasteiger partial charge in [0, 0.05) is 6.92 Å². The SMILES string of the molecule is CC(=O)Oc1c(C(C)C)cccc1C(C)C1CC1.CC(C)c1cccc(C(C)C2CC2)c1OC(=O)OC(C)(C)C.CC(C)c1cccc(C(C)C2CC2)c1OCOP(=O)([O-])[O-].CC(C)c1cccc([C@@H](C)C2CC2)c1OCOP(=O)([O-])[O-].CCC(C)[C@H](CC(=O)OC(C)(C)C)C(=O)OCOc1c(C(C)C)cccc1[C@H](C)C1CC1.[Na+].[Na+].[Na+].[Na+]. The minimum atomic E-state index is -5.01. The number of hydrogen-bond acceptors (Lipinski definition) is 20. The maximum absolute atomic E-state index is 12.9. The van der Waals surface area contributed by atoms with Crippen molar-refractivity contribution in [3.63, 3.8) is 0 Å². The first kappa shape index (κ1) is 111. The van der Waals surface area contributed by atoms with Gasteiger partial charge in [0.2, 0.25) is 6.79 Å². The van der Waals surface area contributed by atoms with Crippen LogP contribution in [0.4, 0.5) is 4.79 Å². The first-order valence-corrected chi connectivity index (χ1v) is 44.5. The molecule has 0 heterocycles. The summed E-state index contributed by atoms with van der Waals surface area (Å²) in [5.74, 6) is 9.00. The Bertz CT molecular complexity index is 3930. The van der Waals surface area contributed by atoms with Crippen LogP contribution in [0.3, 0.4) is 0 Å². The molecule has 0 aliphatic heterocycles. The first-order valence-electron chi connectivity index (χ1n) is 41.6. The fourth-order valence-corrected chi connectivity index (χ4v) is 14.7. The number of esters is 3. The smallest absolute Gasteiger partial charge is 0.790 e. The van der Waals surface area contributed by atoms with E-state index < -0.39 is 58.5 Å². The van der Waals surface area contributed by atoms with Gasteiger partial charge in [-0.25, -0.2) is 4.79 Å². The molecule has 4 unspecified atom stereocenters. The van der Waals surface area contributed by atoms with Gasteiger partial charge < -0.3 is 75.6 Å². The Morgan fingerprint density at radius 3 is 0.864 bits per heavy atom. The standard InChI is InChI=1S/C27H42O5.C19H28O3.C16H22O2.2C15H23O5P.4Na/c1-9-18(4)23(15-24(28)32-27(6,7)8)26(29)31-16-30-25-21(17(2)3)11-10-12-22(25)19(5)20-13-14-20;1-12(2)15-8-7-9-16(13(3)14-10-11-14)17(15)21-18(20)22-19(4,5)6;1-10(2)14-6-5-7-15(11(3)13-8-9-13)16(14)18-12(4)17;2*1-10(2)13-5-4-6-14(11(3)12-7-8-12)15(13)19-9-20-21(16,17)18;;;;/h10-12,17-20,23H,9,13-16H2,1-8H3;7-9,12-14H,10-11H2,1-6H3;5-7,10-11,13H,8-9H2,1-4H3;2*4-6,10-12H,7-9H2,1-3H3,(H2,16,17,18);;;;/q;;;;;4*+1/p-4/t18?,19-,23+;;;11-;;;;;/m1..0...../s1. The van der Waals surface area contributed by atoms with Crippen LogP contribution in [0.25, 0.3) is 0 Å². The first-order chi connectivity index (χ1) is 53.2. The van der Waals surface area contributed by atoms with Gasteiger partial charge in [0.1, 0.15) is 39.9 Å². The van der Waals surface area contributed by atoms with E-state index in [0.29, 0.717) is 88.3 Å². The molecule has 0 N–H and O–H groups in total. The van der Waals surface area contributed by atoms with Crippen LogP contribution in [0.15, 0.2) is 91.0 Å². The van der Waals surface area contributed by atoms with E-state index in [-0.39, 0.29) is 161 Å². The van der Waals surface area contributed by atoms with E-state index in [2.05, 4.69) is 134 Å². The molecule has 0 aromatic heterocycles. The molecule has 5 fully saturated rings. The molecule has 20 nitrogen and oxygen atoms in total. The molecule has 5 aliphatic rings. The summed E-state index contributed by atoms with van der Waals surface area (Å²) < 4.78 is 74.0. The van der Waals surface area contributed by atoms with Crippen LogP contribution in [0.1, 0.15) is 358 Å². The second-order valence-corrected chi connectivity index (χ2v) is 37.9. The van der Waals surface area contributed by atoms with Gasteiger partial charge in [-0.1, -0.05) is 215 Å². The Labute approximate surface area is 795 Å². The number of rotatable bonds is 33. The molecule has 5 aliphatic carbocycles. The summed E-state index contributed by atoms with van der Waals surface area (Å²) >= 11 is 0. The summed E-state index contributed by atoms with van der Waals surface area (Å²) in [6, 6.07) is 30.6. The number of para-hydroxylation sites is 5. The van der Waals surface area contributed by atoms with Crippen LogP contribution < -0.4 is 161 Å². The Kier molecular flexibility index (Phi) is 48.4. The van der Waals surface area contributed by atoms with Crippen LogP contribution >= 0.6 is 15.6 Å². The molecule has 0 saturated heterocycles. The van der Waals surface area contributed by atoms with Crippen molar-refractivity contribution in [3.05, 3.63) is 147 Å². The number of ether oxygens (including phenoxy) is 8. The summed E-state index contributed by atoms with van der Waals surface area (Å²) in [6.45, 7) is 47.1. The van der Waals surface area contributed by atoms with Gasteiger partial charge in [-0.15, -0.1) is 0 Å². The maximum atomic E-state index is 12.9. The fraction of sp³-hybridized carbons (Fsp3) is 0.630. The van der Waals surface area contributed by atoms with Crippen LogP contribution in [0.5, 0.6) is 28.7 Å². The molecule has 26 heteroatoms. The molecule has 118 heavy (non-hydrogen) atoms. The zero-order valence-corrected chi connectivity index (χ0v) is 86.4. The fourth-order valence-electron chi connectivity index (χ4n) is 14.3. The van der Waals surface area contributed by atoms with Gasteiger partial charge in [0.15, 0.2) is 13.6 Å². The Morgan fingerprint density at radius 2 is 0.627 bits per heavy atom. The zero-order chi connectivity index (χ0) is 85.1. The number of carbonyl (C=O) groups excluding carboxylic acids is 4. The number of benzene rings is 5. The average molecular weight is 1710 g/mol. The maximum Gasteiger partial charge on any atom is 1.00 e. The van der Waals surface area contributed by atoms with Gasteiger partial charge in [-0.2, -0.15) is 0 Å². The molecule has 636 valence electrons. The third-order valence-corrected chi connectivity index (χ3v) is 22.9. The molecule has 0 spiro atoms. The quantitative estimate of drug-likeness (QED) is 0.00718. The van der Waals surface area contributed by atoms with E-state index in [9.17, 15) is 47.9 Å². The Hall–Kier alpha value is -2.60. The van der Waals surface area contributed by atoms with Crippen molar-refractivity contribution >= 4 is 39.7 Å². The second kappa shape index (κ2) is 51.3. The van der Waals surface area contributed by atoms with Crippen molar-refractivity contribution in [3.8, 4) is 28.7 Å². The molecule has 5 aromatic rings. The van der Waals surface area contributed by atoms with E-state index in [4.69, 9.17) is 37.9 Å². The number of phosphoric acid groups is 2. The largest absolute Gasteiger partial charge is 1.00 e. The molecule has 5 saturated carbocycles. The van der Waals surface area contributed by atoms with E-state index in [1.165, 1.54) is 82.3 Å². The molecule has 7 atom stereocenters. The van der Waals surface area contributed by atoms with Crippen molar-refractivity contribution < 1.29 is 213 Å². The van der Waals surface area contributed by atoms with Crippen molar-refractivity contribution in [2.24, 2.45) is 41.4 Å². The van der Waals surface area contributed by atoms with E-state index in [1.807, 2.05) is 126 Å². The molecule has 0 radical (unpaired) electrons. The monoisotopic (exact) mass is 1710 g/mol. The van der Waals surface area contributed by atoms with Gasteiger partial charge in [-0.05, 0) is 256 Å². The predicted molar refractivity (Wildman–Crippen MR) is 440 cm³/mol. The summed E-state index contributed by atoms with van der Waals surface area (Å²) in [6.07, 6.45) is 12.6. The third-order valence-electron chi connectivity index (χ3n) is 22.1.